The number of nitrogens with zero attached hydrogens (tertiary/aromatic N) is 2. The minimum Gasteiger partial charge on any atom is -0.481 e. The van der Waals surface area contributed by atoms with Gasteiger partial charge in [0.2, 0.25) is 5.88 Å². The second-order valence-electron chi connectivity index (χ2n) is 5.58. The summed E-state index contributed by atoms with van der Waals surface area (Å²) >= 11 is 1.68. The Kier molecular flexibility index (Phi) is 4.97. The Balaban J connectivity index is 1.87. The molecule has 2 aromatic heterocycles. The van der Waals surface area contributed by atoms with Crippen molar-refractivity contribution in [3.63, 3.8) is 0 Å². The molecule has 24 heavy (non-hydrogen) atoms. The highest BCUT2D eigenvalue weighted by Crippen LogP contribution is 2.28. The number of benzene rings is 1. The van der Waals surface area contributed by atoms with Gasteiger partial charge in [0.05, 0.1) is 24.4 Å². The summed E-state index contributed by atoms with van der Waals surface area (Å²) in [5.41, 5.74) is 2.99. The molecule has 4 nitrogen and oxygen atoms in total. The van der Waals surface area contributed by atoms with Crippen molar-refractivity contribution < 1.29 is 9.13 Å². The second kappa shape index (κ2) is 7.15. The Labute approximate surface area is 144 Å². The third-order valence-corrected chi connectivity index (χ3v) is 4.93. The van der Waals surface area contributed by atoms with Crippen molar-refractivity contribution in [2.24, 2.45) is 7.05 Å². The lowest BCUT2D eigenvalue weighted by atomic mass is 10.0. The van der Waals surface area contributed by atoms with E-state index in [9.17, 15) is 4.39 Å². The van der Waals surface area contributed by atoms with Crippen LogP contribution in [0.2, 0.25) is 0 Å². The Hall–Kier alpha value is -2.18. The number of rotatable bonds is 6. The molecule has 0 bridgehead atoms. The molecule has 126 valence electrons. The molecular formula is C18H20FN3OS. The monoisotopic (exact) mass is 345 g/mol. The molecule has 0 aliphatic carbocycles. The van der Waals surface area contributed by atoms with Crippen LogP contribution in [0.3, 0.4) is 0 Å². The average molecular weight is 345 g/mol. The number of ether oxygens (including phenoxy) is 1. The van der Waals surface area contributed by atoms with Gasteiger partial charge in [0.15, 0.2) is 0 Å². The van der Waals surface area contributed by atoms with Crippen LogP contribution in [-0.4, -0.2) is 16.9 Å². The quantitative estimate of drug-likeness (QED) is 0.738. The van der Waals surface area contributed by atoms with E-state index in [1.807, 2.05) is 37.6 Å². The third kappa shape index (κ3) is 3.34. The van der Waals surface area contributed by atoms with Gasteiger partial charge in [-0.25, -0.2) is 9.07 Å². The Bertz CT molecular complexity index is 797. The number of thiophene rings is 1. The first-order valence-corrected chi connectivity index (χ1v) is 8.57. The average Bonchev–Trinajstić information content (AvgIpc) is 3.18. The van der Waals surface area contributed by atoms with Crippen LogP contribution in [0, 0.1) is 12.7 Å². The van der Waals surface area contributed by atoms with E-state index in [2.05, 4.69) is 16.5 Å². The minimum absolute atomic E-state index is 0.00471. The van der Waals surface area contributed by atoms with Gasteiger partial charge in [-0.1, -0.05) is 18.2 Å². The van der Waals surface area contributed by atoms with Crippen LogP contribution in [0.1, 0.15) is 27.7 Å². The highest BCUT2D eigenvalue weighted by atomic mass is 32.1. The van der Waals surface area contributed by atoms with Gasteiger partial charge in [0.1, 0.15) is 5.82 Å². The summed E-state index contributed by atoms with van der Waals surface area (Å²) in [6.07, 6.45) is 0. The molecular weight excluding hydrogens is 325 g/mol. The number of aryl methyl sites for hydroxylation is 2. The summed E-state index contributed by atoms with van der Waals surface area (Å²) in [5.74, 6) is 0.525. The summed E-state index contributed by atoms with van der Waals surface area (Å²) in [4.78, 5) is 1.18. The van der Waals surface area contributed by atoms with Crippen molar-refractivity contribution in [1.82, 2.24) is 15.1 Å². The zero-order chi connectivity index (χ0) is 17.1. The topological polar surface area (TPSA) is 39.1 Å². The van der Waals surface area contributed by atoms with Crippen molar-refractivity contribution in [3.05, 3.63) is 69.3 Å². The molecule has 0 saturated carbocycles. The molecule has 1 N–H and O–H groups in total. The van der Waals surface area contributed by atoms with Crippen molar-refractivity contribution >= 4 is 11.3 Å². The number of methoxy groups -OCH3 is 1. The summed E-state index contributed by atoms with van der Waals surface area (Å²) in [7, 11) is 3.52. The number of nitrogens with one attached hydrogen (secondary N) is 1. The Morgan fingerprint density at radius 1 is 1.29 bits per heavy atom. The lowest BCUT2D eigenvalue weighted by Crippen LogP contribution is -2.21. The van der Waals surface area contributed by atoms with Crippen molar-refractivity contribution in [2.45, 2.75) is 19.5 Å². The molecule has 0 spiro atoms. The zero-order valence-corrected chi connectivity index (χ0v) is 14.7. The number of hydrogen-bond acceptors (Lipinski definition) is 4. The van der Waals surface area contributed by atoms with Crippen molar-refractivity contribution in [3.8, 4) is 5.88 Å². The summed E-state index contributed by atoms with van der Waals surface area (Å²) in [6.45, 7) is 2.58. The number of halogens is 1. The molecule has 0 aliphatic heterocycles. The van der Waals surface area contributed by atoms with E-state index >= 15 is 0 Å². The predicted molar refractivity (Wildman–Crippen MR) is 93.9 cm³/mol. The zero-order valence-electron chi connectivity index (χ0n) is 13.9. The Morgan fingerprint density at radius 2 is 2.04 bits per heavy atom. The van der Waals surface area contributed by atoms with Crippen LogP contribution in [0.25, 0.3) is 0 Å². The van der Waals surface area contributed by atoms with Gasteiger partial charge in [-0.15, -0.1) is 11.3 Å². The van der Waals surface area contributed by atoms with Crippen LogP contribution in [-0.2, 0) is 13.6 Å². The van der Waals surface area contributed by atoms with E-state index in [1.54, 1.807) is 23.1 Å². The highest BCUT2D eigenvalue weighted by molar-refractivity contribution is 7.10. The van der Waals surface area contributed by atoms with Gasteiger partial charge in [0.25, 0.3) is 0 Å². The van der Waals surface area contributed by atoms with Crippen molar-refractivity contribution in [1.29, 1.82) is 0 Å². The normalized spacial score (nSPS) is 12.3. The smallest absolute Gasteiger partial charge is 0.216 e. The first-order valence-electron chi connectivity index (χ1n) is 7.69. The molecule has 6 heteroatoms. The summed E-state index contributed by atoms with van der Waals surface area (Å²) in [6, 6.07) is 10.7. The second-order valence-corrected chi connectivity index (χ2v) is 6.56. The molecule has 3 aromatic rings. The SMILES string of the molecule is COc1c(CN[C@@H](c2ccc(F)cc2)c2cccs2)c(C)nn1C. The van der Waals surface area contributed by atoms with E-state index in [0.717, 1.165) is 22.7 Å². The third-order valence-electron chi connectivity index (χ3n) is 4.00. The number of hydrogen-bond donors (Lipinski definition) is 1. The maximum absolute atomic E-state index is 13.3. The maximum atomic E-state index is 13.3. The van der Waals surface area contributed by atoms with Crippen molar-refractivity contribution in [2.75, 3.05) is 7.11 Å². The van der Waals surface area contributed by atoms with Gasteiger partial charge >= 0.3 is 0 Å². The molecule has 2 heterocycles. The van der Waals surface area contributed by atoms with Crippen LogP contribution in [0.15, 0.2) is 41.8 Å². The van der Waals surface area contributed by atoms with E-state index in [-0.39, 0.29) is 11.9 Å². The lowest BCUT2D eigenvalue weighted by Gasteiger charge is -2.18. The van der Waals surface area contributed by atoms with Crippen LogP contribution >= 0.6 is 11.3 Å². The fourth-order valence-corrected chi connectivity index (χ4v) is 3.66. The molecule has 3 rings (SSSR count). The van der Waals surface area contributed by atoms with Gasteiger partial charge in [-0.3, -0.25) is 0 Å². The molecule has 0 aliphatic rings. The molecule has 1 atom stereocenters. The van der Waals surface area contributed by atoms with Gasteiger partial charge in [0, 0.05) is 18.5 Å². The summed E-state index contributed by atoms with van der Waals surface area (Å²) in [5, 5.41) is 10.0. The molecule has 0 fully saturated rings. The van der Waals surface area contributed by atoms with Gasteiger partial charge in [-0.05, 0) is 36.1 Å². The van der Waals surface area contributed by atoms with Crippen LogP contribution < -0.4 is 10.1 Å². The fraction of sp³-hybridized carbons (Fsp3) is 0.278. The molecule has 0 radical (unpaired) electrons. The standard InChI is InChI=1S/C18H20FN3OS/c1-12-15(18(23-3)22(2)21-12)11-20-17(16-5-4-10-24-16)13-6-8-14(19)9-7-13/h4-10,17,20H,11H2,1-3H3/t17-/m0/s1. The molecule has 0 amide bonds. The van der Waals surface area contributed by atoms with Gasteiger partial charge in [-0.2, -0.15) is 5.10 Å². The minimum atomic E-state index is -0.228. The van der Waals surface area contributed by atoms with E-state index in [1.165, 1.54) is 17.0 Å². The molecule has 1 aromatic carbocycles. The predicted octanol–water partition coefficient (Wildman–Crippen LogP) is 3.82. The Morgan fingerprint density at radius 3 is 2.67 bits per heavy atom. The van der Waals surface area contributed by atoms with Crippen LogP contribution in [0.4, 0.5) is 4.39 Å². The first kappa shape index (κ1) is 16.7. The largest absolute Gasteiger partial charge is 0.481 e. The fourth-order valence-electron chi connectivity index (χ4n) is 2.84. The van der Waals surface area contributed by atoms with E-state index in [4.69, 9.17) is 4.74 Å². The summed E-state index contributed by atoms with van der Waals surface area (Å²) < 4.78 is 20.4. The van der Waals surface area contributed by atoms with E-state index in [0.29, 0.717) is 6.54 Å². The first-order chi connectivity index (χ1) is 11.6. The van der Waals surface area contributed by atoms with Gasteiger partial charge < -0.3 is 10.1 Å². The maximum Gasteiger partial charge on any atom is 0.216 e. The lowest BCUT2D eigenvalue weighted by molar-refractivity contribution is 0.367. The van der Waals surface area contributed by atoms with E-state index < -0.39 is 0 Å². The highest BCUT2D eigenvalue weighted by Gasteiger charge is 2.19. The number of aromatic nitrogens is 2. The van der Waals surface area contributed by atoms with Crippen LogP contribution in [0.5, 0.6) is 5.88 Å². The molecule has 0 unspecified atom stereocenters. The molecule has 0 saturated heterocycles.